The van der Waals surface area contributed by atoms with Crippen molar-refractivity contribution in [1.82, 2.24) is 10.0 Å². The summed E-state index contributed by atoms with van der Waals surface area (Å²) in [5.41, 5.74) is 1.15. The second-order valence-electron chi connectivity index (χ2n) is 5.85. The topological polar surface area (TPSA) is 42.0 Å². The summed E-state index contributed by atoms with van der Waals surface area (Å²) >= 11 is 0. The molecule has 1 aromatic rings. The van der Waals surface area contributed by atoms with Gasteiger partial charge >= 0.3 is 6.09 Å². The first-order valence-corrected chi connectivity index (χ1v) is 8.20. The van der Waals surface area contributed by atoms with Crippen molar-refractivity contribution in [3.8, 4) is 0 Å². The Morgan fingerprint density at radius 1 is 1.09 bits per heavy atom. The van der Waals surface area contributed by atoms with Gasteiger partial charge in [-0.2, -0.15) is 5.01 Å². The molecule has 0 saturated carbocycles. The number of rotatable bonds is 5. The number of cyclic esters (lactones) is 1. The molecule has 0 aliphatic carbocycles. The van der Waals surface area contributed by atoms with Crippen LogP contribution < -0.4 is 0 Å². The Morgan fingerprint density at radius 2 is 1.77 bits per heavy atom. The van der Waals surface area contributed by atoms with E-state index in [1.165, 1.54) is 0 Å². The number of hydrazine groups is 1. The van der Waals surface area contributed by atoms with Gasteiger partial charge in [-0.15, -0.1) is 0 Å². The number of amides is 1. The molecule has 2 fully saturated rings. The Bertz CT molecular complexity index is 508. The summed E-state index contributed by atoms with van der Waals surface area (Å²) in [5, 5.41) is 3.80. The second-order valence-corrected chi connectivity index (χ2v) is 5.85. The fourth-order valence-electron chi connectivity index (χ4n) is 3.25. The summed E-state index contributed by atoms with van der Waals surface area (Å²) in [6.07, 6.45) is 3.17. The SMILES string of the molecule is CCC[C@@H]1O[C@H](CCC)N2[C@H](c3ccccc3)COC(=O)N12. The van der Waals surface area contributed by atoms with Gasteiger partial charge in [-0.3, -0.25) is 0 Å². The molecule has 2 aliphatic heterocycles. The number of hydrogen-bond donors (Lipinski definition) is 0. The predicted octanol–water partition coefficient (Wildman–Crippen LogP) is 3.68. The Hall–Kier alpha value is -1.59. The molecular formula is C17H24N2O3. The van der Waals surface area contributed by atoms with Crippen molar-refractivity contribution in [3.05, 3.63) is 35.9 Å². The molecule has 3 atom stereocenters. The molecule has 0 aromatic heterocycles. The van der Waals surface area contributed by atoms with Crippen molar-refractivity contribution in [2.24, 2.45) is 0 Å². The van der Waals surface area contributed by atoms with Gasteiger partial charge in [0.15, 0.2) is 6.23 Å². The van der Waals surface area contributed by atoms with Crippen LogP contribution in [0.15, 0.2) is 30.3 Å². The van der Waals surface area contributed by atoms with E-state index in [0.29, 0.717) is 6.61 Å². The average Bonchev–Trinajstić information content (AvgIpc) is 2.89. The third kappa shape index (κ3) is 2.71. The van der Waals surface area contributed by atoms with Gasteiger partial charge in [-0.05, 0) is 18.4 Å². The predicted molar refractivity (Wildman–Crippen MR) is 82.7 cm³/mol. The van der Waals surface area contributed by atoms with Crippen molar-refractivity contribution in [1.29, 1.82) is 0 Å². The number of benzene rings is 1. The lowest BCUT2D eigenvalue weighted by atomic mass is 10.1. The van der Waals surface area contributed by atoms with Crippen LogP contribution in [0, 0.1) is 0 Å². The molecule has 0 radical (unpaired) electrons. The molecular weight excluding hydrogens is 280 g/mol. The minimum absolute atomic E-state index is 0.0253. The lowest BCUT2D eigenvalue weighted by Crippen LogP contribution is -2.54. The van der Waals surface area contributed by atoms with Crippen LogP contribution >= 0.6 is 0 Å². The highest BCUT2D eigenvalue weighted by molar-refractivity contribution is 5.68. The molecule has 1 amide bonds. The van der Waals surface area contributed by atoms with E-state index < -0.39 is 0 Å². The molecule has 0 unspecified atom stereocenters. The quantitative estimate of drug-likeness (QED) is 0.832. The van der Waals surface area contributed by atoms with Crippen molar-refractivity contribution in [2.45, 2.75) is 58.0 Å². The van der Waals surface area contributed by atoms with Crippen LogP contribution in [0.25, 0.3) is 0 Å². The molecule has 2 saturated heterocycles. The van der Waals surface area contributed by atoms with Gasteiger partial charge in [-0.1, -0.05) is 57.0 Å². The number of carbonyl (C=O) groups excluding carboxylic acids is 1. The minimum atomic E-state index is -0.288. The number of nitrogens with zero attached hydrogens (tertiary/aromatic N) is 2. The Morgan fingerprint density at radius 3 is 2.45 bits per heavy atom. The Kier molecular flexibility index (Phi) is 4.64. The molecule has 0 bridgehead atoms. The van der Waals surface area contributed by atoms with Crippen molar-refractivity contribution in [3.63, 3.8) is 0 Å². The van der Waals surface area contributed by atoms with Crippen LogP contribution in [-0.2, 0) is 9.47 Å². The lowest BCUT2D eigenvalue weighted by Gasteiger charge is -2.41. The van der Waals surface area contributed by atoms with Crippen molar-refractivity contribution >= 4 is 6.09 Å². The maximum absolute atomic E-state index is 12.3. The number of ether oxygens (including phenoxy) is 2. The molecule has 22 heavy (non-hydrogen) atoms. The molecule has 0 spiro atoms. The molecule has 1 aromatic carbocycles. The van der Waals surface area contributed by atoms with Gasteiger partial charge in [0.25, 0.3) is 0 Å². The van der Waals surface area contributed by atoms with E-state index in [4.69, 9.17) is 9.47 Å². The number of hydrogen-bond acceptors (Lipinski definition) is 4. The van der Waals surface area contributed by atoms with Crippen molar-refractivity contribution in [2.75, 3.05) is 6.61 Å². The Labute approximate surface area is 131 Å². The third-order valence-electron chi connectivity index (χ3n) is 4.26. The summed E-state index contributed by atoms with van der Waals surface area (Å²) in [6, 6.07) is 10.2. The van der Waals surface area contributed by atoms with E-state index in [1.807, 2.05) is 18.2 Å². The largest absolute Gasteiger partial charge is 0.446 e. The lowest BCUT2D eigenvalue weighted by molar-refractivity contribution is -0.111. The smallest absolute Gasteiger partial charge is 0.427 e. The van der Waals surface area contributed by atoms with Gasteiger partial charge in [0.1, 0.15) is 12.8 Å². The first-order valence-electron chi connectivity index (χ1n) is 8.20. The fraction of sp³-hybridized carbons (Fsp3) is 0.588. The summed E-state index contributed by atoms with van der Waals surface area (Å²) in [6.45, 7) is 4.62. The number of fused-ring (bicyclic) bond motifs is 1. The molecule has 2 heterocycles. The number of carbonyl (C=O) groups is 1. The molecule has 2 aliphatic rings. The van der Waals surface area contributed by atoms with E-state index in [0.717, 1.165) is 31.2 Å². The van der Waals surface area contributed by atoms with Crippen LogP contribution in [0.4, 0.5) is 4.79 Å². The second kappa shape index (κ2) is 6.67. The standard InChI is InChI=1S/C17H24N2O3/c1-3-8-15-18-14(13-10-6-5-7-11-13)12-21-17(20)19(18)16(22-15)9-4-2/h5-7,10-11,14-16H,3-4,8-9,12H2,1-2H3/t14-,15+,16-/m0/s1. The Balaban J connectivity index is 1.92. The van der Waals surface area contributed by atoms with Gasteiger partial charge in [0, 0.05) is 0 Å². The molecule has 5 heteroatoms. The van der Waals surface area contributed by atoms with E-state index in [-0.39, 0.29) is 24.6 Å². The highest BCUT2D eigenvalue weighted by Crippen LogP contribution is 2.38. The zero-order chi connectivity index (χ0) is 15.5. The van der Waals surface area contributed by atoms with Crippen LogP contribution in [0.3, 0.4) is 0 Å². The van der Waals surface area contributed by atoms with E-state index in [9.17, 15) is 4.79 Å². The van der Waals surface area contributed by atoms with Gasteiger partial charge < -0.3 is 9.47 Å². The van der Waals surface area contributed by atoms with Gasteiger partial charge in [-0.25, -0.2) is 9.80 Å². The monoisotopic (exact) mass is 304 g/mol. The third-order valence-corrected chi connectivity index (χ3v) is 4.26. The van der Waals surface area contributed by atoms with E-state index in [2.05, 4.69) is 31.0 Å². The summed E-state index contributed by atoms with van der Waals surface area (Å²) in [7, 11) is 0. The summed E-state index contributed by atoms with van der Waals surface area (Å²) in [4.78, 5) is 12.3. The van der Waals surface area contributed by atoms with Crippen LogP contribution in [-0.4, -0.2) is 35.2 Å². The van der Waals surface area contributed by atoms with Crippen LogP contribution in [0.5, 0.6) is 0 Å². The van der Waals surface area contributed by atoms with E-state index in [1.54, 1.807) is 5.01 Å². The van der Waals surface area contributed by atoms with Crippen LogP contribution in [0.1, 0.15) is 51.1 Å². The maximum atomic E-state index is 12.3. The average molecular weight is 304 g/mol. The first-order chi connectivity index (χ1) is 10.8. The molecule has 5 nitrogen and oxygen atoms in total. The molecule has 120 valence electrons. The highest BCUT2D eigenvalue weighted by Gasteiger charge is 2.49. The normalized spacial score (nSPS) is 28.5. The maximum Gasteiger partial charge on any atom is 0.427 e. The first kappa shape index (κ1) is 15.3. The molecule has 3 rings (SSSR count). The minimum Gasteiger partial charge on any atom is -0.446 e. The van der Waals surface area contributed by atoms with Gasteiger partial charge in [0.05, 0.1) is 6.04 Å². The van der Waals surface area contributed by atoms with Crippen molar-refractivity contribution < 1.29 is 14.3 Å². The molecule has 0 N–H and O–H groups in total. The highest BCUT2D eigenvalue weighted by atomic mass is 16.6. The fourth-order valence-corrected chi connectivity index (χ4v) is 3.25. The van der Waals surface area contributed by atoms with Gasteiger partial charge in [0.2, 0.25) is 0 Å². The zero-order valence-corrected chi connectivity index (χ0v) is 13.3. The summed E-state index contributed by atoms with van der Waals surface area (Å²) < 4.78 is 11.6. The van der Waals surface area contributed by atoms with E-state index >= 15 is 0 Å². The summed E-state index contributed by atoms with van der Waals surface area (Å²) in [5.74, 6) is 0. The zero-order valence-electron chi connectivity index (χ0n) is 13.3. The van der Waals surface area contributed by atoms with Crippen LogP contribution in [0.2, 0.25) is 0 Å².